The molecule has 0 heterocycles. The Hall–Kier alpha value is -2.54. The van der Waals surface area contributed by atoms with Crippen molar-refractivity contribution < 1.29 is 22.7 Å². The molecule has 2 aromatic carbocycles. The van der Waals surface area contributed by atoms with Gasteiger partial charge in [-0.15, -0.1) is 0 Å². The highest BCUT2D eigenvalue weighted by Gasteiger charge is 2.10. The third-order valence-corrected chi connectivity index (χ3v) is 4.43. The first kappa shape index (κ1) is 18.8. The molecule has 1 amide bonds. The van der Waals surface area contributed by atoms with E-state index in [1.807, 2.05) is 0 Å². The van der Waals surface area contributed by atoms with Crippen LogP contribution in [-0.2, 0) is 22.1 Å². The zero-order valence-electron chi connectivity index (χ0n) is 14.4. The van der Waals surface area contributed by atoms with Crippen LogP contribution in [0.1, 0.15) is 21.5 Å². The fraction of sp³-hybridized carbons (Fsp3) is 0.278. The predicted octanol–water partition coefficient (Wildman–Crippen LogP) is 2.18. The molecule has 25 heavy (non-hydrogen) atoms. The van der Waals surface area contributed by atoms with Crippen molar-refractivity contribution in [2.24, 2.45) is 0 Å². The molecular formula is C18H21NO5S. The van der Waals surface area contributed by atoms with Gasteiger partial charge < -0.3 is 14.8 Å². The molecule has 0 aromatic heterocycles. The fourth-order valence-electron chi connectivity index (χ4n) is 2.35. The summed E-state index contributed by atoms with van der Waals surface area (Å²) in [7, 11) is 0.0376. The van der Waals surface area contributed by atoms with Gasteiger partial charge in [0.2, 0.25) is 0 Å². The summed E-state index contributed by atoms with van der Waals surface area (Å²) in [6, 6.07) is 11.9. The van der Waals surface area contributed by atoms with Crippen LogP contribution in [0.3, 0.4) is 0 Å². The molecule has 0 aliphatic heterocycles. The van der Waals surface area contributed by atoms with Crippen LogP contribution in [0.15, 0.2) is 42.5 Å². The number of carbonyl (C=O) groups excluding carboxylic acids is 1. The second kappa shape index (κ2) is 8.02. The van der Waals surface area contributed by atoms with Crippen LogP contribution in [0.4, 0.5) is 0 Å². The molecule has 7 heteroatoms. The van der Waals surface area contributed by atoms with Crippen molar-refractivity contribution in [3.63, 3.8) is 0 Å². The number of amides is 1. The molecule has 0 atom stereocenters. The molecule has 2 aromatic rings. The van der Waals surface area contributed by atoms with Crippen molar-refractivity contribution in [3.05, 3.63) is 59.2 Å². The van der Waals surface area contributed by atoms with E-state index in [4.69, 9.17) is 9.47 Å². The first-order valence-electron chi connectivity index (χ1n) is 7.58. The summed E-state index contributed by atoms with van der Waals surface area (Å²) < 4.78 is 33.0. The van der Waals surface area contributed by atoms with Crippen LogP contribution in [0.5, 0.6) is 11.5 Å². The lowest BCUT2D eigenvalue weighted by Crippen LogP contribution is -2.23. The van der Waals surface area contributed by atoms with Gasteiger partial charge in [-0.25, -0.2) is 8.42 Å². The van der Waals surface area contributed by atoms with Gasteiger partial charge in [0.25, 0.3) is 5.91 Å². The number of rotatable bonds is 7. The minimum absolute atomic E-state index is 0.0457. The summed E-state index contributed by atoms with van der Waals surface area (Å²) in [5.74, 6) is 1.03. The van der Waals surface area contributed by atoms with Gasteiger partial charge in [0.15, 0.2) is 9.84 Å². The molecule has 0 saturated carbocycles. The molecule has 0 spiro atoms. The van der Waals surface area contributed by atoms with Gasteiger partial charge in [-0.05, 0) is 35.9 Å². The predicted molar refractivity (Wildman–Crippen MR) is 95.7 cm³/mol. The molecule has 134 valence electrons. The van der Waals surface area contributed by atoms with Crippen molar-refractivity contribution >= 4 is 15.7 Å². The number of carbonyl (C=O) groups is 1. The number of methoxy groups -OCH3 is 2. The molecule has 0 aliphatic rings. The van der Waals surface area contributed by atoms with Crippen molar-refractivity contribution in [1.29, 1.82) is 0 Å². The molecule has 6 nitrogen and oxygen atoms in total. The van der Waals surface area contributed by atoms with Crippen molar-refractivity contribution in [2.75, 3.05) is 20.5 Å². The van der Waals surface area contributed by atoms with Crippen molar-refractivity contribution in [1.82, 2.24) is 5.32 Å². The SMILES string of the molecule is COc1ccc(OC)c(CNC(=O)c2ccc(CS(C)(=O)=O)cc2)c1. The third kappa shape index (κ3) is 5.49. The molecule has 2 rings (SSSR count). The smallest absolute Gasteiger partial charge is 0.251 e. The van der Waals surface area contributed by atoms with E-state index in [9.17, 15) is 13.2 Å². The average molecular weight is 363 g/mol. The maximum absolute atomic E-state index is 12.3. The third-order valence-electron chi connectivity index (χ3n) is 3.57. The number of hydrogen-bond acceptors (Lipinski definition) is 5. The van der Waals surface area contributed by atoms with Crippen LogP contribution >= 0.6 is 0 Å². The molecule has 0 unspecified atom stereocenters. The Morgan fingerprint density at radius 2 is 1.72 bits per heavy atom. The van der Waals surface area contributed by atoms with E-state index in [1.54, 1.807) is 56.7 Å². The van der Waals surface area contributed by atoms with E-state index in [-0.39, 0.29) is 18.2 Å². The largest absolute Gasteiger partial charge is 0.497 e. The van der Waals surface area contributed by atoms with Gasteiger partial charge in [-0.1, -0.05) is 12.1 Å². The second-order valence-corrected chi connectivity index (χ2v) is 7.77. The second-order valence-electron chi connectivity index (χ2n) is 5.63. The van der Waals surface area contributed by atoms with E-state index in [0.717, 1.165) is 5.56 Å². The summed E-state index contributed by atoms with van der Waals surface area (Å²) in [6.07, 6.45) is 1.18. The van der Waals surface area contributed by atoms with Crippen molar-refractivity contribution in [2.45, 2.75) is 12.3 Å². The summed E-state index contributed by atoms with van der Waals surface area (Å²) in [4.78, 5) is 12.3. The summed E-state index contributed by atoms with van der Waals surface area (Å²) in [6.45, 7) is 0.282. The maximum atomic E-state index is 12.3. The summed E-state index contributed by atoms with van der Waals surface area (Å²) >= 11 is 0. The first-order chi connectivity index (χ1) is 11.8. The minimum atomic E-state index is -3.10. The van der Waals surface area contributed by atoms with E-state index >= 15 is 0 Å². The number of ether oxygens (including phenoxy) is 2. The maximum Gasteiger partial charge on any atom is 0.251 e. The Morgan fingerprint density at radius 1 is 1.04 bits per heavy atom. The van der Waals surface area contributed by atoms with Crippen molar-refractivity contribution in [3.8, 4) is 11.5 Å². The summed E-state index contributed by atoms with van der Waals surface area (Å²) in [5.41, 5.74) is 1.90. The topological polar surface area (TPSA) is 81.7 Å². The molecule has 0 bridgehead atoms. The number of nitrogens with one attached hydrogen (secondary N) is 1. The van der Waals surface area contributed by atoms with Crippen LogP contribution in [-0.4, -0.2) is 34.8 Å². The van der Waals surface area contributed by atoms with Gasteiger partial charge in [0, 0.05) is 23.9 Å². The number of hydrogen-bond donors (Lipinski definition) is 1. The fourth-order valence-corrected chi connectivity index (χ4v) is 3.15. The zero-order chi connectivity index (χ0) is 18.4. The summed E-state index contributed by atoms with van der Waals surface area (Å²) in [5, 5.41) is 2.82. The van der Waals surface area contributed by atoms with Crippen LogP contribution in [0.25, 0.3) is 0 Å². The molecule has 0 radical (unpaired) electrons. The molecule has 0 fully saturated rings. The number of sulfone groups is 1. The lowest BCUT2D eigenvalue weighted by molar-refractivity contribution is 0.0950. The normalized spacial score (nSPS) is 11.0. The highest BCUT2D eigenvalue weighted by Crippen LogP contribution is 2.23. The highest BCUT2D eigenvalue weighted by molar-refractivity contribution is 7.89. The van der Waals surface area contributed by atoms with Crippen LogP contribution in [0.2, 0.25) is 0 Å². The monoisotopic (exact) mass is 363 g/mol. The lowest BCUT2D eigenvalue weighted by Gasteiger charge is -2.11. The highest BCUT2D eigenvalue weighted by atomic mass is 32.2. The Kier molecular flexibility index (Phi) is 6.03. The quantitative estimate of drug-likeness (QED) is 0.815. The minimum Gasteiger partial charge on any atom is -0.497 e. The molecular weight excluding hydrogens is 342 g/mol. The standard InChI is InChI=1S/C18H21NO5S/c1-23-16-8-9-17(24-2)15(10-16)11-19-18(20)14-6-4-13(5-7-14)12-25(3,21)22/h4-10H,11-12H2,1-3H3,(H,19,20). The lowest BCUT2D eigenvalue weighted by atomic mass is 10.1. The number of benzene rings is 2. The van der Waals surface area contributed by atoms with Gasteiger partial charge >= 0.3 is 0 Å². The van der Waals surface area contributed by atoms with E-state index in [1.165, 1.54) is 6.26 Å². The van der Waals surface area contributed by atoms with Crippen LogP contribution < -0.4 is 14.8 Å². The molecule has 0 aliphatic carbocycles. The average Bonchev–Trinajstić information content (AvgIpc) is 2.58. The van der Waals surface area contributed by atoms with Gasteiger partial charge in [0.05, 0.1) is 20.0 Å². The molecule has 0 saturated heterocycles. The zero-order valence-corrected chi connectivity index (χ0v) is 15.2. The van der Waals surface area contributed by atoms with E-state index in [2.05, 4.69) is 5.32 Å². The Bertz CT molecular complexity index is 844. The van der Waals surface area contributed by atoms with E-state index < -0.39 is 9.84 Å². The van der Waals surface area contributed by atoms with Gasteiger partial charge in [-0.3, -0.25) is 4.79 Å². The Balaban J connectivity index is 2.05. The Morgan fingerprint density at radius 3 is 2.28 bits per heavy atom. The van der Waals surface area contributed by atoms with Gasteiger partial charge in [0.1, 0.15) is 11.5 Å². The Labute approximate surface area is 147 Å². The van der Waals surface area contributed by atoms with Crippen LogP contribution in [0, 0.1) is 0 Å². The van der Waals surface area contributed by atoms with E-state index in [0.29, 0.717) is 22.6 Å². The first-order valence-corrected chi connectivity index (χ1v) is 9.64. The van der Waals surface area contributed by atoms with Gasteiger partial charge in [-0.2, -0.15) is 0 Å². The molecule has 1 N–H and O–H groups in total.